The Morgan fingerprint density at radius 3 is 2.72 bits per heavy atom. The van der Waals surface area contributed by atoms with Crippen molar-refractivity contribution in [3.05, 3.63) is 88.7 Å². The summed E-state index contributed by atoms with van der Waals surface area (Å²) >= 11 is 0. The summed E-state index contributed by atoms with van der Waals surface area (Å²) in [6, 6.07) is 13.8. The Morgan fingerprint density at radius 2 is 1.86 bits per heavy atom. The van der Waals surface area contributed by atoms with Gasteiger partial charge in [0.15, 0.2) is 5.58 Å². The van der Waals surface area contributed by atoms with E-state index in [-0.39, 0.29) is 11.4 Å². The van der Waals surface area contributed by atoms with Gasteiger partial charge in [-0.15, -0.1) is 0 Å². The van der Waals surface area contributed by atoms with Crippen LogP contribution in [-0.2, 0) is 6.42 Å². The first-order valence-electron chi connectivity index (χ1n) is 8.81. The van der Waals surface area contributed by atoms with Crippen LogP contribution in [0.3, 0.4) is 0 Å². The van der Waals surface area contributed by atoms with Crippen molar-refractivity contribution in [2.75, 3.05) is 0 Å². The van der Waals surface area contributed by atoms with Crippen LogP contribution >= 0.6 is 0 Å². The molecule has 0 aliphatic rings. The maximum atomic E-state index is 15.1. The minimum Gasteiger partial charge on any atom is -0.408 e. The normalized spacial score (nSPS) is 11.2. The number of aromatic amines is 1. The lowest BCUT2D eigenvalue weighted by molar-refractivity contribution is 0.385. The molecule has 8 heteroatoms. The quantitative estimate of drug-likeness (QED) is 0.500. The van der Waals surface area contributed by atoms with E-state index in [9.17, 15) is 4.79 Å². The van der Waals surface area contributed by atoms with E-state index in [1.165, 1.54) is 0 Å². The molecular weight excluding hydrogens is 375 g/mol. The molecule has 2 aromatic carbocycles. The van der Waals surface area contributed by atoms with Crippen molar-refractivity contribution < 1.29 is 13.3 Å². The third kappa shape index (κ3) is 3.20. The van der Waals surface area contributed by atoms with Crippen LogP contribution in [0.2, 0.25) is 0 Å². The maximum Gasteiger partial charge on any atom is 0.417 e. The Bertz CT molecular complexity index is 1370. The minimum absolute atomic E-state index is 0.172. The lowest BCUT2D eigenvalue weighted by atomic mass is 10.0. The number of pyridine rings is 1. The highest BCUT2D eigenvalue weighted by Crippen LogP contribution is 2.29. The van der Waals surface area contributed by atoms with Crippen LogP contribution in [0.5, 0.6) is 0 Å². The van der Waals surface area contributed by atoms with Gasteiger partial charge in [0, 0.05) is 18.0 Å². The molecule has 142 valence electrons. The molecule has 0 saturated carbocycles. The number of nitrogens with one attached hydrogen (secondary N) is 1. The average Bonchev–Trinajstić information content (AvgIpc) is 3.34. The van der Waals surface area contributed by atoms with Crippen LogP contribution in [0.1, 0.15) is 11.5 Å². The fourth-order valence-electron chi connectivity index (χ4n) is 3.18. The number of halogens is 1. The van der Waals surface area contributed by atoms with Crippen LogP contribution in [0.4, 0.5) is 4.39 Å². The van der Waals surface area contributed by atoms with Gasteiger partial charge in [-0.25, -0.2) is 9.18 Å². The molecule has 7 nitrogen and oxygen atoms in total. The second-order valence-electron chi connectivity index (χ2n) is 6.44. The number of H-pyrrole nitrogens is 1. The molecule has 0 amide bonds. The summed E-state index contributed by atoms with van der Waals surface area (Å²) < 4.78 is 25.4. The second-order valence-corrected chi connectivity index (χ2v) is 6.44. The minimum atomic E-state index is -0.512. The number of hydrogen-bond acceptors (Lipinski definition) is 6. The molecule has 0 fully saturated rings. The second kappa shape index (κ2) is 6.83. The highest BCUT2D eigenvalue weighted by Gasteiger charge is 2.17. The van der Waals surface area contributed by atoms with Gasteiger partial charge in [-0.1, -0.05) is 23.4 Å². The summed E-state index contributed by atoms with van der Waals surface area (Å²) in [6.45, 7) is 0. The Labute approximate surface area is 162 Å². The van der Waals surface area contributed by atoms with Crippen molar-refractivity contribution in [1.82, 2.24) is 20.1 Å². The summed E-state index contributed by atoms with van der Waals surface area (Å²) in [4.78, 5) is 22.2. The monoisotopic (exact) mass is 388 g/mol. The van der Waals surface area contributed by atoms with Crippen LogP contribution < -0.4 is 5.76 Å². The Kier molecular flexibility index (Phi) is 4.02. The lowest BCUT2D eigenvalue weighted by Crippen LogP contribution is -1.93. The topological polar surface area (TPSA) is 97.8 Å². The van der Waals surface area contributed by atoms with Crippen molar-refractivity contribution in [1.29, 1.82) is 0 Å². The number of nitrogens with zero attached hydrogens (tertiary/aromatic N) is 3. The van der Waals surface area contributed by atoms with Gasteiger partial charge >= 0.3 is 5.76 Å². The third-order valence-corrected chi connectivity index (χ3v) is 4.54. The first-order valence-corrected chi connectivity index (χ1v) is 8.81. The van der Waals surface area contributed by atoms with Crippen LogP contribution in [0.25, 0.3) is 33.6 Å². The van der Waals surface area contributed by atoms with Crippen LogP contribution in [-0.4, -0.2) is 20.1 Å². The molecule has 0 saturated heterocycles. The van der Waals surface area contributed by atoms with E-state index in [0.717, 1.165) is 5.56 Å². The molecule has 0 radical (unpaired) electrons. The van der Waals surface area contributed by atoms with Gasteiger partial charge in [-0.3, -0.25) is 9.97 Å². The Hall–Kier alpha value is -4.07. The van der Waals surface area contributed by atoms with E-state index < -0.39 is 11.6 Å². The molecule has 0 spiro atoms. The zero-order chi connectivity index (χ0) is 19.8. The van der Waals surface area contributed by atoms with E-state index in [2.05, 4.69) is 20.1 Å². The van der Waals surface area contributed by atoms with E-state index in [1.54, 1.807) is 60.9 Å². The van der Waals surface area contributed by atoms with Crippen molar-refractivity contribution >= 4 is 11.1 Å². The number of oxazole rings is 1. The van der Waals surface area contributed by atoms with Gasteiger partial charge in [0.2, 0.25) is 11.7 Å². The van der Waals surface area contributed by atoms with E-state index >= 15 is 4.39 Å². The largest absolute Gasteiger partial charge is 0.417 e. The predicted octanol–water partition coefficient (Wildman–Crippen LogP) is 3.96. The first-order chi connectivity index (χ1) is 14.2. The summed E-state index contributed by atoms with van der Waals surface area (Å²) in [6.07, 6.45) is 3.55. The lowest BCUT2D eigenvalue weighted by Gasteiger charge is -2.05. The molecule has 0 aliphatic carbocycles. The zero-order valence-electron chi connectivity index (χ0n) is 14.9. The van der Waals surface area contributed by atoms with E-state index in [1.807, 2.05) is 0 Å². The number of benzene rings is 2. The molecule has 29 heavy (non-hydrogen) atoms. The summed E-state index contributed by atoms with van der Waals surface area (Å²) in [5, 5.41) is 3.93. The number of fused-ring (bicyclic) bond motifs is 1. The molecule has 3 heterocycles. The van der Waals surface area contributed by atoms with Gasteiger partial charge in [-0.05, 0) is 41.5 Å². The van der Waals surface area contributed by atoms with Crippen molar-refractivity contribution in [3.8, 4) is 22.5 Å². The molecule has 0 aliphatic heterocycles. The zero-order valence-corrected chi connectivity index (χ0v) is 14.9. The Balaban J connectivity index is 1.46. The number of hydrogen-bond donors (Lipinski definition) is 1. The molecule has 5 rings (SSSR count). The summed E-state index contributed by atoms with van der Waals surface area (Å²) in [7, 11) is 0. The van der Waals surface area contributed by atoms with Gasteiger partial charge in [0.1, 0.15) is 5.82 Å². The van der Waals surface area contributed by atoms with Crippen molar-refractivity contribution in [2.24, 2.45) is 0 Å². The standard InChI is InChI=1S/C21H13FN4O3/c22-19-14(13-6-8-23-9-7-13)2-1-3-15(19)20-25-18(29-26-20)11-12-4-5-17-16(10-12)24-21(27)28-17/h1-10H,11H2,(H,24,27). The molecule has 3 aromatic heterocycles. The average molecular weight is 388 g/mol. The molecule has 0 unspecified atom stereocenters. The smallest absolute Gasteiger partial charge is 0.408 e. The highest BCUT2D eigenvalue weighted by atomic mass is 19.1. The molecule has 1 N–H and O–H groups in total. The van der Waals surface area contributed by atoms with Gasteiger partial charge in [0.25, 0.3) is 0 Å². The highest BCUT2D eigenvalue weighted by molar-refractivity contribution is 5.73. The molecular formula is C21H13FN4O3. The van der Waals surface area contributed by atoms with Gasteiger partial charge < -0.3 is 8.94 Å². The molecule has 5 aromatic rings. The van der Waals surface area contributed by atoms with Crippen LogP contribution in [0, 0.1) is 5.82 Å². The van der Waals surface area contributed by atoms with Crippen LogP contribution in [0.15, 0.2) is 74.7 Å². The fraction of sp³-hybridized carbons (Fsp3) is 0.0476. The maximum absolute atomic E-state index is 15.1. The predicted molar refractivity (Wildman–Crippen MR) is 103 cm³/mol. The van der Waals surface area contributed by atoms with E-state index in [4.69, 9.17) is 8.94 Å². The SMILES string of the molecule is O=c1[nH]c2cc(Cc3nc(-c4cccc(-c5ccncc5)c4F)no3)ccc2o1. The third-order valence-electron chi connectivity index (χ3n) is 4.54. The fourth-order valence-corrected chi connectivity index (χ4v) is 3.18. The van der Waals surface area contributed by atoms with E-state index in [0.29, 0.717) is 34.5 Å². The van der Waals surface area contributed by atoms with Crippen molar-refractivity contribution in [2.45, 2.75) is 6.42 Å². The first kappa shape index (κ1) is 17.1. The number of aromatic nitrogens is 4. The number of rotatable bonds is 4. The van der Waals surface area contributed by atoms with Gasteiger partial charge in [-0.2, -0.15) is 4.98 Å². The molecule has 0 atom stereocenters. The molecule has 0 bridgehead atoms. The van der Waals surface area contributed by atoms with Gasteiger partial charge in [0.05, 0.1) is 17.5 Å². The summed E-state index contributed by atoms with van der Waals surface area (Å²) in [5.41, 5.74) is 3.30. The Morgan fingerprint density at radius 1 is 1.03 bits per heavy atom. The van der Waals surface area contributed by atoms with Crippen molar-refractivity contribution in [3.63, 3.8) is 0 Å². The summed E-state index contributed by atoms with van der Waals surface area (Å²) in [5.74, 6) is -0.435.